The molecule has 1 aliphatic rings. The Morgan fingerprint density at radius 2 is 2.03 bits per heavy atom. The standard InChI is InChI=1S/C22H30N4O6S/c1-4-9-23-22(28)32-17-6-5-14(10-17)18-13-20(26-25-18)24-21(27)12-15-11-16(31-2)7-8-19(15)33(3,29)30/h7-8,11,13-14,17H,4-6,9-10,12H2,1-3H3,(H,23,28)(H2,24,25,26,27). The Balaban J connectivity index is 1.59. The van der Waals surface area contributed by atoms with Crippen LogP contribution < -0.4 is 15.4 Å². The maximum Gasteiger partial charge on any atom is 0.407 e. The molecule has 1 aromatic heterocycles. The fourth-order valence-corrected chi connectivity index (χ4v) is 4.82. The number of hydrogen-bond donors (Lipinski definition) is 3. The third-order valence-electron chi connectivity index (χ3n) is 5.50. The number of carbonyl (C=O) groups is 2. The van der Waals surface area contributed by atoms with Crippen molar-refractivity contribution in [3.05, 3.63) is 35.5 Å². The zero-order valence-corrected chi connectivity index (χ0v) is 19.8. The van der Waals surface area contributed by atoms with Gasteiger partial charge in [-0.1, -0.05) is 6.92 Å². The molecule has 1 aromatic carbocycles. The normalized spacial score (nSPS) is 18.0. The maximum absolute atomic E-state index is 12.6. The molecule has 2 atom stereocenters. The number of aromatic nitrogens is 2. The van der Waals surface area contributed by atoms with Crippen LogP contribution in [0.2, 0.25) is 0 Å². The molecule has 10 nitrogen and oxygen atoms in total. The zero-order valence-electron chi connectivity index (χ0n) is 19.0. The molecule has 1 aliphatic carbocycles. The number of aromatic amines is 1. The van der Waals surface area contributed by atoms with Crippen molar-refractivity contribution in [3.8, 4) is 5.75 Å². The van der Waals surface area contributed by atoms with Gasteiger partial charge in [-0.15, -0.1) is 0 Å². The van der Waals surface area contributed by atoms with Crippen molar-refractivity contribution >= 4 is 27.7 Å². The smallest absolute Gasteiger partial charge is 0.407 e. The Bertz CT molecular complexity index is 1100. The minimum atomic E-state index is -3.50. The summed E-state index contributed by atoms with van der Waals surface area (Å²) < 4.78 is 34.7. The van der Waals surface area contributed by atoms with Crippen LogP contribution in [-0.4, -0.2) is 56.6 Å². The summed E-state index contributed by atoms with van der Waals surface area (Å²) in [5, 5.41) is 12.5. The molecule has 3 N–H and O–H groups in total. The van der Waals surface area contributed by atoms with Crippen LogP contribution in [-0.2, 0) is 25.8 Å². The van der Waals surface area contributed by atoms with Gasteiger partial charge in [-0.3, -0.25) is 9.89 Å². The van der Waals surface area contributed by atoms with Crippen molar-refractivity contribution in [2.45, 2.75) is 55.9 Å². The van der Waals surface area contributed by atoms with Gasteiger partial charge in [-0.2, -0.15) is 5.10 Å². The number of carbonyl (C=O) groups excluding carboxylic acids is 2. The minimum absolute atomic E-state index is 0.0844. The predicted molar refractivity (Wildman–Crippen MR) is 122 cm³/mol. The first-order valence-electron chi connectivity index (χ1n) is 10.9. The van der Waals surface area contributed by atoms with Crippen molar-refractivity contribution < 1.29 is 27.5 Å². The van der Waals surface area contributed by atoms with Crippen LogP contribution in [0.3, 0.4) is 0 Å². The van der Waals surface area contributed by atoms with E-state index in [1.165, 1.54) is 13.2 Å². The number of ether oxygens (including phenoxy) is 2. The first kappa shape index (κ1) is 24.6. The number of amides is 2. The maximum atomic E-state index is 12.6. The van der Waals surface area contributed by atoms with Gasteiger partial charge in [0.1, 0.15) is 11.9 Å². The Morgan fingerprint density at radius 3 is 2.73 bits per heavy atom. The third-order valence-corrected chi connectivity index (χ3v) is 6.70. The lowest BCUT2D eigenvalue weighted by molar-refractivity contribution is -0.115. The summed E-state index contributed by atoms with van der Waals surface area (Å²) >= 11 is 0. The second-order valence-corrected chi connectivity index (χ2v) is 10.1. The van der Waals surface area contributed by atoms with E-state index in [9.17, 15) is 18.0 Å². The van der Waals surface area contributed by atoms with Crippen molar-refractivity contribution in [1.29, 1.82) is 0 Å². The lowest BCUT2D eigenvalue weighted by Crippen LogP contribution is -2.28. The quantitative estimate of drug-likeness (QED) is 0.503. The van der Waals surface area contributed by atoms with E-state index in [-0.39, 0.29) is 23.3 Å². The van der Waals surface area contributed by atoms with Gasteiger partial charge in [0, 0.05) is 30.5 Å². The third kappa shape index (κ3) is 6.70. The Morgan fingerprint density at radius 1 is 1.24 bits per heavy atom. The highest BCUT2D eigenvalue weighted by molar-refractivity contribution is 7.90. The summed E-state index contributed by atoms with van der Waals surface area (Å²) in [4.78, 5) is 24.4. The van der Waals surface area contributed by atoms with Gasteiger partial charge in [-0.25, -0.2) is 13.2 Å². The Labute approximate surface area is 193 Å². The number of nitrogens with zero attached hydrogens (tertiary/aromatic N) is 1. The molecule has 0 saturated heterocycles. The summed E-state index contributed by atoms with van der Waals surface area (Å²) in [6.45, 7) is 2.56. The molecular weight excluding hydrogens is 448 g/mol. The molecule has 180 valence electrons. The SMILES string of the molecule is CCCNC(=O)OC1CCC(c2cc(NC(=O)Cc3cc(OC)ccc3S(C)(=O)=O)n[nH]2)C1. The number of benzene rings is 1. The summed E-state index contributed by atoms with van der Waals surface area (Å²) in [5.41, 5.74) is 1.20. The van der Waals surface area contributed by atoms with E-state index < -0.39 is 21.8 Å². The van der Waals surface area contributed by atoms with E-state index >= 15 is 0 Å². The van der Waals surface area contributed by atoms with Gasteiger partial charge < -0.3 is 20.1 Å². The molecule has 1 heterocycles. The molecule has 2 unspecified atom stereocenters. The summed E-state index contributed by atoms with van der Waals surface area (Å²) in [5.74, 6) is 0.561. The van der Waals surface area contributed by atoms with Crippen molar-refractivity contribution in [1.82, 2.24) is 15.5 Å². The minimum Gasteiger partial charge on any atom is -0.497 e. The van der Waals surface area contributed by atoms with E-state index in [2.05, 4.69) is 20.8 Å². The monoisotopic (exact) mass is 478 g/mol. The largest absolute Gasteiger partial charge is 0.497 e. The molecule has 33 heavy (non-hydrogen) atoms. The number of nitrogens with one attached hydrogen (secondary N) is 3. The molecule has 0 spiro atoms. The van der Waals surface area contributed by atoms with Crippen molar-refractivity contribution in [3.63, 3.8) is 0 Å². The molecule has 2 amide bonds. The number of hydrogen-bond acceptors (Lipinski definition) is 7. The lowest BCUT2D eigenvalue weighted by Gasteiger charge is -2.12. The first-order valence-corrected chi connectivity index (χ1v) is 12.7. The molecule has 11 heteroatoms. The van der Waals surface area contributed by atoms with Gasteiger partial charge in [0.05, 0.1) is 18.4 Å². The fourth-order valence-electron chi connectivity index (χ4n) is 3.90. The van der Waals surface area contributed by atoms with Crippen LogP contribution in [0.5, 0.6) is 5.75 Å². The number of alkyl carbamates (subject to hydrolysis) is 1. The van der Waals surface area contributed by atoms with Crippen LogP contribution in [0.4, 0.5) is 10.6 Å². The average Bonchev–Trinajstić information content (AvgIpc) is 3.40. The van der Waals surface area contributed by atoms with Crippen LogP contribution >= 0.6 is 0 Å². The van der Waals surface area contributed by atoms with Crippen LogP contribution in [0.1, 0.15) is 49.8 Å². The highest BCUT2D eigenvalue weighted by atomic mass is 32.2. The fraction of sp³-hybridized carbons (Fsp3) is 0.500. The van der Waals surface area contributed by atoms with Gasteiger partial charge in [-0.05, 0) is 49.4 Å². The van der Waals surface area contributed by atoms with Crippen LogP contribution in [0.25, 0.3) is 0 Å². The van der Waals surface area contributed by atoms with Gasteiger partial charge in [0.15, 0.2) is 15.7 Å². The van der Waals surface area contributed by atoms with Gasteiger partial charge in [0.25, 0.3) is 0 Å². The Kier molecular flexibility index (Phi) is 7.96. The van der Waals surface area contributed by atoms with Gasteiger partial charge in [0.2, 0.25) is 5.91 Å². The molecule has 0 radical (unpaired) electrons. The molecule has 3 rings (SSSR count). The first-order chi connectivity index (χ1) is 15.7. The number of anilines is 1. The van der Waals surface area contributed by atoms with Gasteiger partial charge >= 0.3 is 6.09 Å². The Hall–Kier alpha value is -3.08. The van der Waals surface area contributed by atoms with E-state index in [1.54, 1.807) is 18.2 Å². The van der Waals surface area contributed by atoms with E-state index in [0.29, 0.717) is 30.1 Å². The lowest BCUT2D eigenvalue weighted by atomic mass is 10.0. The van der Waals surface area contributed by atoms with Crippen LogP contribution in [0, 0.1) is 0 Å². The second kappa shape index (κ2) is 10.7. The summed E-state index contributed by atoms with van der Waals surface area (Å²) in [6, 6.07) is 6.28. The van der Waals surface area contributed by atoms with E-state index in [4.69, 9.17) is 9.47 Å². The average molecular weight is 479 g/mol. The van der Waals surface area contributed by atoms with E-state index in [0.717, 1.165) is 31.2 Å². The number of rotatable bonds is 9. The number of H-pyrrole nitrogens is 1. The molecule has 1 fully saturated rings. The molecule has 2 aromatic rings. The van der Waals surface area contributed by atoms with Crippen LogP contribution in [0.15, 0.2) is 29.2 Å². The van der Waals surface area contributed by atoms with E-state index in [1.807, 2.05) is 6.92 Å². The summed E-state index contributed by atoms with van der Waals surface area (Å²) in [7, 11) is -2.03. The van der Waals surface area contributed by atoms with Crippen molar-refractivity contribution in [2.24, 2.45) is 0 Å². The van der Waals surface area contributed by atoms with Crippen molar-refractivity contribution in [2.75, 3.05) is 25.2 Å². The molecule has 1 saturated carbocycles. The topological polar surface area (TPSA) is 139 Å². The number of methoxy groups -OCH3 is 1. The highest BCUT2D eigenvalue weighted by Crippen LogP contribution is 2.35. The number of sulfone groups is 1. The predicted octanol–water partition coefficient (Wildman–Crippen LogP) is 2.78. The molecular formula is C22H30N4O6S. The molecule has 0 aliphatic heterocycles. The molecule has 0 bridgehead atoms. The summed E-state index contributed by atoms with van der Waals surface area (Å²) in [6.07, 6.45) is 3.52. The second-order valence-electron chi connectivity index (χ2n) is 8.14. The highest BCUT2D eigenvalue weighted by Gasteiger charge is 2.30. The zero-order chi connectivity index (χ0) is 24.0.